The van der Waals surface area contributed by atoms with Gasteiger partial charge in [-0.3, -0.25) is 0 Å². The number of halogens is 2. The van der Waals surface area contributed by atoms with Crippen LogP contribution in [0.25, 0.3) is 6.08 Å². The van der Waals surface area contributed by atoms with E-state index >= 15 is 0 Å². The Bertz CT molecular complexity index is 524. The van der Waals surface area contributed by atoms with Crippen LogP contribution in [0.2, 0.25) is 0 Å². The summed E-state index contributed by atoms with van der Waals surface area (Å²) >= 11 is 6.78. The molecular formula is C13H12Br2O4. The number of carboxylic acid groups (broad SMARTS) is 1. The van der Waals surface area contributed by atoms with Crippen molar-refractivity contribution in [2.75, 3.05) is 13.7 Å². The normalized spacial score (nSPS) is 10.5. The lowest BCUT2D eigenvalue weighted by Crippen LogP contribution is -1.99. The molecule has 0 bridgehead atoms. The zero-order chi connectivity index (χ0) is 14.4. The Morgan fingerprint density at radius 1 is 1.47 bits per heavy atom. The average Bonchev–Trinajstić information content (AvgIpc) is 2.38. The van der Waals surface area contributed by atoms with Crippen molar-refractivity contribution in [1.29, 1.82) is 0 Å². The van der Waals surface area contributed by atoms with E-state index in [1.165, 1.54) is 13.2 Å². The maximum atomic E-state index is 10.6. The first-order valence-electron chi connectivity index (χ1n) is 5.22. The van der Waals surface area contributed by atoms with Crippen LogP contribution in [-0.2, 0) is 4.79 Å². The lowest BCUT2D eigenvalue weighted by Gasteiger charge is -2.14. The van der Waals surface area contributed by atoms with Gasteiger partial charge in [0.25, 0.3) is 0 Å². The van der Waals surface area contributed by atoms with Gasteiger partial charge in [-0.15, -0.1) is 0 Å². The summed E-state index contributed by atoms with van der Waals surface area (Å²) in [5.41, 5.74) is 0.664. The first kappa shape index (κ1) is 15.8. The van der Waals surface area contributed by atoms with Gasteiger partial charge >= 0.3 is 5.97 Å². The number of aliphatic carboxylic acids is 1. The predicted molar refractivity (Wildman–Crippen MR) is 80.8 cm³/mol. The van der Waals surface area contributed by atoms with Crippen molar-refractivity contribution >= 4 is 43.9 Å². The zero-order valence-electron chi connectivity index (χ0n) is 10.2. The highest BCUT2D eigenvalue weighted by Gasteiger charge is 2.15. The number of benzene rings is 1. The topological polar surface area (TPSA) is 55.8 Å². The van der Waals surface area contributed by atoms with Gasteiger partial charge in [-0.05, 0) is 49.6 Å². The Balaban J connectivity index is 3.27. The van der Waals surface area contributed by atoms with Crippen molar-refractivity contribution in [2.24, 2.45) is 0 Å². The molecule has 0 heterocycles. The molecule has 0 fully saturated rings. The van der Waals surface area contributed by atoms with Gasteiger partial charge in [0, 0.05) is 10.5 Å². The molecule has 0 saturated carbocycles. The Labute approximate surface area is 128 Å². The van der Waals surface area contributed by atoms with E-state index in [0.29, 0.717) is 32.6 Å². The zero-order valence-corrected chi connectivity index (χ0v) is 13.3. The third kappa shape index (κ3) is 4.11. The molecule has 19 heavy (non-hydrogen) atoms. The van der Waals surface area contributed by atoms with Gasteiger partial charge in [-0.25, -0.2) is 4.79 Å². The van der Waals surface area contributed by atoms with Crippen molar-refractivity contribution in [2.45, 2.75) is 0 Å². The van der Waals surface area contributed by atoms with E-state index < -0.39 is 5.97 Å². The van der Waals surface area contributed by atoms with Crippen LogP contribution in [-0.4, -0.2) is 24.8 Å². The molecule has 1 aromatic carbocycles. The molecule has 4 nitrogen and oxygen atoms in total. The molecule has 102 valence electrons. The van der Waals surface area contributed by atoms with Crippen molar-refractivity contribution in [3.8, 4) is 11.5 Å². The highest BCUT2D eigenvalue weighted by atomic mass is 79.9. The van der Waals surface area contributed by atoms with Crippen LogP contribution in [0, 0.1) is 0 Å². The number of rotatable bonds is 6. The Morgan fingerprint density at radius 3 is 2.68 bits per heavy atom. The molecule has 1 N–H and O–H groups in total. The third-order valence-electron chi connectivity index (χ3n) is 2.13. The smallest absolute Gasteiger partial charge is 0.328 e. The highest BCUT2D eigenvalue weighted by molar-refractivity contribution is 9.13. The van der Waals surface area contributed by atoms with Gasteiger partial charge in [-0.1, -0.05) is 12.7 Å². The first-order valence-corrected chi connectivity index (χ1v) is 6.80. The third-order valence-corrected chi connectivity index (χ3v) is 4.27. The predicted octanol–water partition coefficient (Wildman–Crippen LogP) is 3.88. The average molecular weight is 392 g/mol. The summed E-state index contributed by atoms with van der Waals surface area (Å²) in [6.07, 6.45) is 4.14. The first-order chi connectivity index (χ1) is 9.01. The van der Waals surface area contributed by atoms with Crippen molar-refractivity contribution < 1.29 is 19.4 Å². The van der Waals surface area contributed by atoms with E-state index in [1.807, 2.05) is 0 Å². The maximum Gasteiger partial charge on any atom is 0.328 e. The summed E-state index contributed by atoms with van der Waals surface area (Å²) in [5, 5.41) is 8.65. The minimum absolute atomic E-state index is 0.339. The molecule has 0 amide bonds. The van der Waals surface area contributed by atoms with Crippen molar-refractivity contribution in [3.05, 3.63) is 39.3 Å². The SMILES string of the molecule is C=CCOc1c(OC)cc(/C=C/C(=O)O)c(Br)c1Br. The van der Waals surface area contributed by atoms with Gasteiger partial charge in [0.2, 0.25) is 0 Å². The number of carbonyl (C=O) groups is 1. The molecule has 0 aromatic heterocycles. The van der Waals surface area contributed by atoms with Crippen molar-refractivity contribution in [3.63, 3.8) is 0 Å². The number of ether oxygens (including phenoxy) is 2. The molecule has 0 aliphatic heterocycles. The van der Waals surface area contributed by atoms with Crippen molar-refractivity contribution in [1.82, 2.24) is 0 Å². The second kappa shape index (κ2) is 7.35. The molecule has 0 atom stereocenters. The molecule has 0 aliphatic rings. The van der Waals surface area contributed by atoms with Crippen LogP contribution in [0.4, 0.5) is 0 Å². The van der Waals surface area contributed by atoms with E-state index in [-0.39, 0.29) is 0 Å². The van der Waals surface area contributed by atoms with Gasteiger partial charge < -0.3 is 14.6 Å². The fourth-order valence-corrected chi connectivity index (χ4v) is 2.28. The minimum atomic E-state index is -1.02. The van der Waals surface area contributed by atoms with Crippen LogP contribution in [0.5, 0.6) is 11.5 Å². The molecule has 1 aromatic rings. The number of carboxylic acids is 1. The van der Waals surface area contributed by atoms with Crippen LogP contribution in [0.1, 0.15) is 5.56 Å². The van der Waals surface area contributed by atoms with Crippen LogP contribution < -0.4 is 9.47 Å². The molecule has 0 saturated heterocycles. The molecule has 0 unspecified atom stereocenters. The van der Waals surface area contributed by atoms with Gasteiger partial charge in [0.1, 0.15) is 6.61 Å². The van der Waals surface area contributed by atoms with E-state index in [0.717, 1.165) is 6.08 Å². The van der Waals surface area contributed by atoms with Gasteiger partial charge in [0.05, 0.1) is 11.6 Å². The second-order valence-corrected chi connectivity index (χ2v) is 4.98. The monoisotopic (exact) mass is 390 g/mol. The Hall–Kier alpha value is -1.27. The fourth-order valence-electron chi connectivity index (χ4n) is 1.32. The standard InChI is InChI=1S/C13H12Br2O4/c1-3-6-19-13-9(18-2)7-8(4-5-10(16)17)11(14)12(13)15/h3-5,7H,1,6H2,2H3,(H,16,17)/b5-4+. The summed E-state index contributed by atoms with van der Waals surface area (Å²) in [6, 6.07) is 1.69. The van der Waals surface area contributed by atoms with Gasteiger partial charge in [0.15, 0.2) is 11.5 Å². The lowest BCUT2D eigenvalue weighted by molar-refractivity contribution is -0.131. The van der Waals surface area contributed by atoms with E-state index in [2.05, 4.69) is 38.4 Å². The lowest BCUT2D eigenvalue weighted by atomic mass is 10.2. The molecule has 6 heteroatoms. The maximum absolute atomic E-state index is 10.6. The molecule has 0 aliphatic carbocycles. The fraction of sp³-hybridized carbons (Fsp3) is 0.154. The van der Waals surface area contributed by atoms with Crippen LogP contribution in [0.15, 0.2) is 33.7 Å². The van der Waals surface area contributed by atoms with Gasteiger partial charge in [-0.2, -0.15) is 0 Å². The minimum Gasteiger partial charge on any atom is -0.493 e. The number of hydrogen-bond acceptors (Lipinski definition) is 3. The quantitative estimate of drug-likeness (QED) is 0.590. The Kier molecular flexibility index (Phi) is 6.11. The van der Waals surface area contributed by atoms with E-state index in [9.17, 15) is 4.79 Å². The highest BCUT2D eigenvalue weighted by Crippen LogP contribution is 2.43. The largest absolute Gasteiger partial charge is 0.493 e. The summed E-state index contributed by atoms with van der Waals surface area (Å²) in [6.45, 7) is 3.92. The van der Waals surface area contributed by atoms with Crippen LogP contribution >= 0.6 is 31.9 Å². The van der Waals surface area contributed by atoms with Crippen LogP contribution in [0.3, 0.4) is 0 Å². The summed E-state index contributed by atoms with van der Waals surface area (Å²) < 4.78 is 12.1. The molecular weight excluding hydrogens is 380 g/mol. The number of hydrogen-bond donors (Lipinski definition) is 1. The second-order valence-electron chi connectivity index (χ2n) is 3.40. The summed E-state index contributed by atoms with van der Waals surface area (Å²) in [7, 11) is 1.52. The van der Waals surface area contributed by atoms with E-state index in [4.69, 9.17) is 14.6 Å². The molecule has 0 spiro atoms. The molecule has 0 radical (unpaired) electrons. The Morgan fingerprint density at radius 2 is 2.16 bits per heavy atom. The van der Waals surface area contributed by atoms with E-state index in [1.54, 1.807) is 12.1 Å². The molecule has 1 rings (SSSR count). The summed E-state index contributed by atoms with van der Waals surface area (Å²) in [5.74, 6) is 0.0117. The number of methoxy groups -OCH3 is 1. The summed E-state index contributed by atoms with van der Waals surface area (Å²) in [4.78, 5) is 10.6.